The zero-order chi connectivity index (χ0) is 14.5. The van der Waals surface area contributed by atoms with Crippen molar-refractivity contribution in [1.29, 1.82) is 0 Å². The van der Waals surface area contributed by atoms with Crippen LogP contribution in [0.4, 0.5) is 10.1 Å². The lowest BCUT2D eigenvalue weighted by Crippen LogP contribution is -2.29. The molecule has 1 aromatic carbocycles. The summed E-state index contributed by atoms with van der Waals surface area (Å²) in [6.07, 6.45) is 0. The summed E-state index contributed by atoms with van der Waals surface area (Å²) in [4.78, 5) is 0.0524. The maximum absolute atomic E-state index is 13.1. The number of nitrogens with two attached hydrogens (primary N) is 1. The number of rotatable bonds is 7. The summed E-state index contributed by atoms with van der Waals surface area (Å²) in [6, 6.07) is 3.94. The van der Waals surface area contributed by atoms with Gasteiger partial charge in [0.25, 0.3) is 0 Å². The average molecular weight is 305 g/mol. The Morgan fingerprint density at radius 1 is 1.47 bits per heavy atom. The minimum atomic E-state index is -3.29. The molecule has 0 aliphatic heterocycles. The first-order valence-corrected chi connectivity index (χ1v) is 7.72. The lowest BCUT2D eigenvalue weighted by molar-refractivity contribution is 0.584. The van der Waals surface area contributed by atoms with Gasteiger partial charge in [0.05, 0.1) is 5.75 Å². The highest BCUT2D eigenvalue weighted by Gasteiger charge is 2.10. The molecule has 19 heavy (non-hydrogen) atoms. The Morgan fingerprint density at radius 2 is 2.16 bits per heavy atom. The third kappa shape index (κ3) is 5.09. The van der Waals surface area contributed by atoms with Gasteiger partial charge in [-0.25, -0.2) is 17.5 Å². The van der Waals surface area contributed by atoms with E-state index in [1.807, 2.05) is 0 Å². The van der Waals surface area contributed by atoms with E-state index in [1.165, 1.54) is 18.2 Å². The Balaban J connectivity index is 2.71. The van der Waals surface area contributed by atoms with Crippen LogP contribution in [0.1, 0.15) is 12.5 Å². The van der Waals surface area contributed by atoms with Crippen molar-refractivity contribution in [3.63, 3.8) is 0 Å². The van der Waals surface area contributed by atoms with Gasteiger partial charge >= 0.3 is 0 Å². The summed E-state index contributed by atoms with van der Waals surface area (Å²) < 4.78 is 38.3. The molecule has 0 saturated carbocycles. The molecule has 0 aliphatic carbocycles. The lowest BCUT2D eigenvalue weighted by atomic mass is 10.1. The van der Waals surface area contributed by atoms with Crippen LogP contribution in [-0.2, 0) is 10.0 Å². The first-order chi connectivity index (χ1) is 8.85. The van der Waals surface area contributed by atoms with Gasteiger partial charge in [0.15, 0.2) is 0 Å². The fourth-order valence-electron chi connectivity index (χ4n) is 1.49. The fourth-order valence-corrected chi connectivity index (χ4v) is 2.61. The number of halogens is 1. The van der Waals surface area contributed by atoms with Crippen LogP contribution in [0.15, 0.2) is 18.2 Å². The minimum absolute atomic E-state index is 0.0524. The van der Waals surface area contributed by atoms with Crippen LogP contribution in [0.2, 0.25) is 0 Å². The zero-order valence-corrected chi connectivity index (χ0v) is 12.1. The van der Waals surface area contributed by atoms with E-state index >= 15 is 0 Å². The van der Waals surface area contributed by atoms with Crippen molar-refractivity contribution < 1.29 is 12.8 Å². The summed E-state index contributed by atoms with van der Waals surface area (Å²) in [5, 5.41) is 2.88. The first-order valence-electron chi connectivity index (χ1n) is 5.66. The topological polar surface area (TPSA) is 84.2 Å². The third-order valence-electron chi connectivity index (χ3n) is 2.30. The highest BCUT2D eigenvalue weighted by molar-refractivity contribution is 7.89. The standard InChI is InChI=1S/C11H16FN3O2S2/c1-2-15-19(16,17)6-5-14-10-4-3-8(12)7-9(10)11(13)18/h3-4,7,14-15H,2,5-6H2,1H3,(H2,13,18). The molecule has 0 saturated heterocycles. The SMILES string of the molecule is CCNS(=O)(=O)CCNc1ccc(F)cc1C(N)=S. The monoisotopic (exact) mass is 305 g/mol. The van der Waals surface area contributed by atoms with Gasteiger partial charge in [-0.2, -0.15) is 0 Å². The van der Waals surface area contributed by atoms with Crippen LogP contribution in [0.5, 0.6) is 0 Å². The Labute approximate surface area is 117 Å². The molecule has 0 heterocycles. The van der Waals surface area contributed by atoms with Crippen molar-refractivity contribution in [3.8, 4) is 0 Å². The molecular formula is C11H16FN3O2S2. The molecule has 0 aromatic heterocycles. The predicted octanol–water partition coefficient (Wildman–Crippen LogP) is 0.811. The van der Waals surface area contributed by atoms with Crippen molar-refractivity contribution >= 4 is 32.9 Å². The number of sulfonamides is 1. The molecule has 0 spiro atoms. The van der Waals surface area contributed by atoms with E-state index in [4.69, 9.17) is 18.0 Å². The maximum Gasteiger partial charge on any atom is 0.213 e. The Kier molecular flexibility index (Phi) is 5.64. The van der Waals surface area contributed by atoms with Crippen molar-refractivity contribution in [2.24, 2.45) is 5.73 Å². The molecule has 1 aromatic rings. The summed E-state index contributed by atoms with van der Waals surface area (Å²) >= 11 is 4.82. The molecule has 0 amide bonds. The molecule has 0 fully saturated rings. The van der Waals surface area contributed by atoms with Gasteiger partial charge in [-0.15, -0.1) is 0 Å². The normalized spacial score (nSPS) is 11.3. The van der Waals surface area contributed by atoms with Crippen molar-refractivity contribution in [2.75, 3.05) is 24.2 Å². The molecule has 5 nitrogen and oxygen atoms in total. The number of anilines is 1. The third-order valence-corrected chi connectivity index (χ3v) is 3.99. The van der Waals surface area contributed by atoms with E-state index in [0.29, 0.717) is 17.8 Å². The number of hydrogen-bond donors (Lipinski definition) is 3. The second-order valence-corrected chi connectivity index (χ2v) is 6.16. The molecule has 0 aliphatic rings. The highest BCUT2D eigenvalue weighted by atomic mass is 32.2. The van der Waals surface area contributed by atoms with Gasteiger partial charge in [-0.3, -0.25) is 0 Å². The van der Waals surface area contributed by atoms with Crippen molar-refractivity contribution in [2.45, 2.75) is 6.92 Å². The molecule has 0 radical (unpaired) electrons. The summed E-state index contributed by atoms with van der Waals surface area (Å²) in [5.41, 5.74) is 6.35. The van der Waals surface area contributed by atoms with Gasteiger partial charge in [0.1, 0.15) is 10.8 Å². The lowest BCUT2D eigenvalue weighted by Gasteiger charge is -2.11. The van der Waals surface area contributed by atoms with Crippen LogP contribution in [0.25, 0.3) is 0 Å². The Morgan fingerprint density at radius 3 is 2.74 bits per heavy atom. The molecule has 106 valence electrons. The number of hydrogen-bond acceptors (Lipinski definition) is 4. The van der Waals surface area contributed by atoms with Crippen LogP contribution < -0.4 is 15.8 Å². The Bertz CT molecular complexity index is 561. The number of thiocarbonyl (C=S) groups is 1. The first kappa shape index (κ1) is 15.8. The predicted molar refractivity (Wildman–Crippen MR) is 78.2 cm³/mol. The molecule has 0 unspecified atom stereocenters. The van der Waals surface area contributed by atoms with E-state index in [2.05, 4.69) is 10.0 Å². The fraction of sp³-hybridized carbons (Fsp3) is 0.364. The largest absolute Gasteiger partial charge is 0.389 e. The zero-order valence-electron chi connectivity index (χ0n) is 10.4. The van der Waals surface area contributed by atoms with Gasteiger partial charge in [0, 0.05) is 24.3 Å². The van der Waals surface area contributed by atoms with Crippen LogP contribution in [0.3, 0.4) is 0 Å². The number of nitrogens with one attached hydrogen (secondary N) is 2. The molecule has 0 atom stereocenters. The second-order valence-electron chi connectivity index (χ2n) is 3.80. The summed E-state index contributed by atoms with van der Waals surface area (Å²) in [7, 11) is -3.29. The average Bonchev–Trinajstić information content (AvgIpc) is 2.30. The van der Waals surface area contributed by atoms with Gasteiger partial charge < -0.3 is 11.1 Å². The van der Waals surface area contributed by atoms with E-state index in [0.717, 1.165) is 0 Å². The summed E-state index contributed by atoms with van der Waals surface area (Å²) in [5.74, 6) is -0.539. The molecular weight excluding hydrogens is 289 g/mol. The van der Waals surface area contributed by atoms with Crippen LogP contribution in [-0.4, -0.2) is 32.2 Å². The second kappa shape index (κ2) is 6.78. The molecule has 0 bridgehead atoms. The van der Waals surface area contributed by atoms with Crippen LogP contribution >= 0.6 is 12.2 Å². The van der Waals surface area contributed by atoms with Crippen molar-refractivity contribution in [3.05, 3.63) is 29.6 Å². The highest BCUT2D eigenvalue weighted by Crippen LogP contribution is 2.16. The van der Waals surface area contributed by atoms with Gasteiger partial charge in [-0.05, 0) is 18.2 Å². The minimum Gasteiger partial charge on any atom is -0.389 e. The van der Waals surface area contributed by atoms with Gasteiger partial charge in [-0.1, -0.05) is 19.1 Å². The molecule has 1 rings (SSSR count). The summed E-state index contributed by atoms with van der Waals surface area (Å²) in [6.45, 7) is 2.23. The van der Waals surface area contributed by atoms with E-state index < -0.39 is 15.8 Å². The Hall–Kier alpha value is -1.25. The van der Waals surface area contributed by atoms with E-state index in [-0.39, 0.29) is 17.3 Å². The van der Waals surface area contributed by atoms with Gasteiger partial charge in [0.2, 0.25) is 10.0 Å². The smallest absolute Gasteiger partial charge is 0.213 e. The quantitative estimate of drug-likeness (QED) is 0.649. The van der Waals surface area contributed by atoms with Crippen molar-refractivity contribution in [1.82, 2.24) is 4.72 Å². The van der Waals surface area contributed by atoms with E-state index in [1.54, 1.807) is 6.92 Å². The molecule has 8 heteroatoms. The number of benzene rings is 1. The maximum atomic E-state index is 13.1. The van der Waals surface area contributed by atoms with Crippen LogP contribution in [0, 0.1) is 5.82 Å². The van der Waals surface area contributed by atoms with E-state index in [9.17, 15) is 12.8 Å². The molecule has 4 N–H and O–H groups in total.